The zero-order chi connectivity index (χ0) is 20.8. The lowest BCUT2D eigenvalue weighted by atomic mass is 10.1. The first-order chi connectivity index (χ1) is 14.7. The van der Waals surface area contributed by atoms with Crippen LogP contribution in [0.15, 0.2) is 61.2 Å². The summed E-state index contributed by atoms with van der Waals surface area (Å²) in [6.07, 6.45) is 8.61. The number of anilines is 3. The number of nitrogens with zero attached hydrogens (tertiary/aromatic N) is 5. The second-order valence-corrected chi connectivity index (χ2v) is 7.43. The molecule has 154 valence electrons. The van der Waals surface area contributed by atoms with Gasteiger partial charge in [0.25, 0.3) is 5.91 Å². The number of rotatable bonds is 6. The number of piperidine rings is 1. The van der Waals surface area contributed by atoms with Gasteiger partial charge in [-0.2, -0.15) is 0 Å². The molecule has 1 N–H and O–H groups in total. The molecule has 1 amide bonds. The van der Waals surface area contributed by atoms with Gasteiger partial charge < -0.3 is 15.1 Å². The summed E-state index contributed by atoms with van der Waals surface area (Å²) in [7, 11) is 1.78. The Morgan fingerprint density at radius 3 is 2.50 bits per heavy atom. The largest absolute Gasteiger partial charge is 0.366 e. The van der Waals surface area contributed by atoms with Crippen LogP contribution in [-0.4, -0.2) is 41.0 Å². The Labute approximate surface area is 176 Å². The van der Waals surface area contributed by atoms with Crippen LogP contribution in [0.3, 0.4) is 0 Å². The highest BCUT2D eigenvalue weighted by atomic mass is 16.2. The van der Waals surface area contributed by atoms with Gasteiger partial charge in [0.2, 0.25) is 0 Å². The van der Waals surface area contributed by atoms with Gasteiger partial charge in [0.1, 0.15) is 18.0 Å². The van der Waals surface area contributed by atoms with Gasteiger partial charge >= 0.3 is 0 Å². The molecule has 0 saturated carbocycles. The number of hydrogen-bond donors (Lipinski definition) is 1. The van der Waals surface area contributed by atoms with E-state index in [9.17, 15) is 4.79 Å². The fourth-order valence-electron chi connectivity index (χ4n) is 3.58. The third-order valence-electron chi connectivity index (χ3n) is 5.36. The summed E-state index contributed by atoms with van der Waals surface area (Å²) in [5.74, 6) is 1.74. The monoisotopic (exact) mass is 402 g/mol. The first kappa shape index (κ1) is 19.8. The zero-order valence-electron chi connectivity index (χ0n) is 17.2. The van der Waals surface area contributed by atoms with Crippen molar-refractivity contribution >= 4 is 23.2 Å². The minimum absolute atomic E-state index is 0.0606. The normalized spacial score (nSPS) is 13.7. The molecule has 2 aromatic heterocycles. The van der Waals surface area contributed by atoms with Crippen molar-refractivity contribution in [1.82, 2.24) is 15.0 Å². The molecule has 3 aromatic rings. The lowest BCUT2D eigenvalue weighted by Crippen LogP contribution is -2.30. The highest BCUT2D eigenvalue weighted by Crippen LogP contribution is 2.20. The van der Waals surface area contributed by atoms with Gasteiger partial charge in [-0.3, -0.25) is 9.78 Å². The predicted octanol–water partition coefficient (Wildman–Crippen LogP) is 3.75. The van der Waals surface area contributed by atoms with E-state index in [0.29, 0.717) is 12.1 Å². The van der Waals surface area contributed by atoms with Crippen molar-refractivity contribution < 1.29 is 4.79 Å². The Kier molecular flexibility index (Phi) is 6.17. The number of pyridine rings is 1. The van der Waals surface area contributed by atoms with Crippen molar-refractivity contribution in [1.29, 1.82) is 0 Å². The van der Waals surface area contributed by atoms with Gasteiger partial charge in [0.05, 0.1) is 0 Å². The maximum atomic E-state index is 12.6. The highest BCUT2D eigenvalue weighted by Gasteiger charge is 2.14. The van der Waals surface area contributed by atoms with Gasteiger partial charge in [0, 0.05) is 56.4 Å². The molecule has 3 heterocycles. The summed E-state index contributed by atoms with van der Waals surface area (Å²) in [5, 5.41) is 3.37. The molecule has 1 aliphatic rings. The molecule has 7 heteroatoms. The molecule has 4 rings (SSSR count). The molecule has 1 aliphatic heterocycles. The van der Waals surface area contributed by atoms with Crippen molar-refractivity contribution in [3.05, 3.63) is 72.3 Å². The Balaban J connectivity index is 1.36. The third-order valence-corrected chi connectivity index (χ3v) is 5.36. The van der Waals surface area contributed by atoms with Crippen LogP contribution < -0.4 is 15.1 Å². The number of hydrogen-bond acceptors (Lipinski definition) is 6. The lowest BCUT2D eigenvalue weighted by molar-refractivity contribution is 0.0993. The van der Waals surface area contributed by atoms with Crippen molar-refractivity contribution in [3.63, 3.8) is 0 Å². The van der Waals surface area contributed by atoms with E-state index in [1.807, 2.05) is 30.3 Å². The molecule has 1 saturated heterocycles. The molecule has 0 unspecified atom stereocenters. The lowest BCUT2D eigenvalue weighted by Gasteiger charge is -2.27. The standard InChI is InChI=1S/C23H26N6O/c1-28(23(30)19-9-11-24-12-10-19)20-7-5-18(6-8-20)16-25-21-15-22(27-17-26-21)29-13-3-2-4-14-29/h5-12,15,17H,2-4,13-14,16H2,1H3,(H,25,26,27). The molecule has 0 atom stereocenters. The summed E-state index contributed by atoms with van der Waals surface area (Å²) < 4.78 is 0. The molecule has 1 fully saturated rings. The van der Waals surface area contributed by atoms with E-state index < -0.39 is 0 Å². The van der Waals surface area contributed by atoms with Crippen LogP contribution in [0.25, 0.3) is 0 Å². The minimum Gasteiger partial charge on any atom is -0.366 e. The van der Waals surface area contributed by atoms with Crippen LogP contribution >= 0.6 is 0 Å². The fourth-order valence-corrected chi connectivity index (χ4v) is 3.58. The van der Waals surface area contributed by atoms with Crippen LogP contribution in [0.5, 0.6) is 0 Å². The number of benzene rings is 1. The summed E-state index contributed by atoms with van der Waals surface area (Å²) in [5.41, 5.74) is 2.57. The molecule has 1 aromatic carbocycles. The maximum Gasteiger partial charge on any atom is 0.258 e. The van der Waals surface area contributed by atoms with E-state index in [1.165, 1.54) is 19.3 Å². The number of nitrogens with one attached hydrogen (secondary N) is 1. The van der Waals surface area contributed by atoms with Gasteiger partial charge in [-0.25, -0.2) is 9.97 Å². The second-order valence-electron chi connectivity index (χ2n) is 7.43. The van der Waals surface area contributed by atoms with Crippen molar-refractivity contribution in [2.75, 3.05) is 35.3 Å². The number of carbonyl (C=O) groups excluding carboxylic acids is 1. The van der Waals surface area contributed by atoms with E-state index in [-0.39, 0.29) is 5.91 Å². The van der Waals surface area contributed by atoms with Crippen molar-refractivity contribution in [2.45, 2.75) is 25.8 Å². The Morgan fingerprint density at radius 1 is 1.03 bits per heavy atom. The van der Waals surface area contributed by atoms with Gasteiger partial charge in [0.15, 0.2) is 0 Å². The van der Waals surface area contributed by atoms with Crippen molar-refractivity contribution in [3.8, 4) is 0 Å². The van der Waals surface area contributed by atoms with E-state index in [2.05, 4.69) is 25.2 Å². The van der Waals surface area contributed by atoms with E-state index in [0.717, 1.165) is 36.0 Å². The molecule has 0 radical (unpaired) electrons. The Morgan fingerprint density at radius 2 is 1.77 bits per heavy atom. The first-order valence-corrected chi connectivity index (χ1v) is 10.3. The zero-order valence-corrected chi connectivity index (χ0v) is 17.2. The van der Waals surface area contributed by atoms with E-state index in [1.54, 1.807) is 42.8 Å². The molecule has 0 aliphatic carbocycles. The van der Waals surface area contributed by atoms with E-state index in [4.69, 9.17) is 0 Å². The topological polar surface area (TPSA) is 74.2 Å². The van der Waals surface area contributed by atoms with Crippen molar-refractivity contribution in [2.24, 2.45) is 0 Å². The highest BCUT2D eigenvalue weighted by molar-refractivity contribution is 6.05. The molecular weight excluding hydrogens is 376 g/mol. The second kappa shape index (κ2) is 9.35. The summed E-state index contributed by atoms with van der Waals surface area (Å²) in [6, 6.07) is 13.4. The van der Waals surface area contributed by atoms with E-state index >= 15 is 0 Å². The fraction of sp³-hybridized carbons (Fsp3) is 0.304. The van der Waals surface area contributed by atoms with Gasteiger partial charge in [-0.1, -0.05) is 12.1 Å². The van der Waals surface area contributed by atoms with Crippen LogP contribution in [-0.2, 0) is 6.54 Å². The van der Waals surface area contributed by atoms with Crippen LogP contribution in [0.1, 0.15) is 35.2 Å². The quantitative estimate of drug-likeness (QED) is 0.677. The predicted molar refractivity (Wildman–Crippen MR) is 119 cm³/mol. The first-order valence-electron chi connectivity index (χ1n) is 10.3. The molecule has 30 heavy (non-hydrogen) atoms. The van der Waals surface area contributed by atoms with Crippen LogP contribution in [0.2, 0.25) is 0 Å². The summed E-state index contributed by atoms with van der Waals surface area (Å²) in [6.45, 7) is 2.77. The van der Waals surface area contributed by atoms with Gasteiger partial charge in [-0.05, 0) is 49.1 Å². The number of amides is 1. The average Bonchev–Trinajstić information content (AvgIpc) is 2.83. The number of aromatic nitrogens is 3. The third kappa shape index (κ3) is 4.74. The van der Waals surface area contributed by atoms with Crippen LogP contribution in [0.4, 0.5) is 17.3 Å². The summed E-state index contributed by atoms with van der Waals surface area (Å²) >= 11 is 0. The molecule has 0 bridgehead atoms. The van der Waals surface area contributed by atoms with Gasteiger partial charge in [-0.15, -0.1) is 0 Å². The average molecular weight is 403 g/mol. The number of carbonyl (C=O) groups is 1. The Hall–Kier alpha value is -3.48. The molecular formula is C23H26N6O. The maximum absolute atomic E-state index is 12.6. The smallest absolute Gasteiger partial charge is 0.258 e. The summed E-state index contributed by atoms with van der Waals surface area (Å²) in [4.78, 5) is 29.3. The molecule has 7 nitrogen and oxygen atoms in total. The SMILES string of the molecule is CN(C(=O)c1ccncc1)c1ccc(CNc2cc(N3CCCCC3)ncn2)cc1. The molecule has 0 spiro atoms. The van der Waals surface area contributed by atoms with Crippen LogP contribution in [0, 0.1) is 0 Å². The Bertz CT molecular complexity index is 970. The minimum atomic E-state index is -0.0606.